The van der Waals surface area contributed by atoms with E-state index in [9.17, 15) is 18.0 Å². The van der Waals surface area contributed by atoms with Crippen LogP contribution < -0.4 is 5.32 Å². The summed E-state index contributed by atoms with van der Waals surface area (Å²) in [6, 6.07) is 6.26. The minimum Gasteiger partial charge on any atom is -0.452 e. The largest absolute Gasteiger partial charge is 0.452 e. The molecule has 0 radical (unpaired) electrons. The number of carbonyl (C=O) groups excluding carboxylic acids is 2. The zero-order valence-electron chi connectivity index (χ0n) is 13.7. The van der Waals surface area contributed by atoms with E-state index in [1.807, 2.05) is 13.8 Å². The number of amides is 1. The Balaban J connectivity index is 2.61. The molecule has 23 heavy (non-hydrogen) atoms. The Morgan fingerprint density at radius 1 is 1.22 bits per heavy atom. The molecule has 1 N–H and O–H groups in total. The van der Waals surface area contributed by atoms with E-state index in [1.165, 1.54) is 12.1 Å². The lowest BCUT2D eigenvalue weighted by Gasteiger charge is -2.14. The van der Waals surface area contributed by atoms with Gasteiger partial charge in [-0.2, -0.15) is 0 Å². The van der Waals surface area contributed by atoms with Gasteiger partial charge in [0.1, 0.15) is 0 Å². The number of rotatable bonds is 8. The summed E-state index contributed by atoms with van der Waals surface area (Å²) in [5.41, 5.74) is 0.727. The first-order valence-electron chi connectivity index (χ1n) is 7.48. The number of nitrogens with one attached hydrogen (secondary N) is 1. The van der Waals surface area contributed by atoms with Crippen molar-refractivity contribution in [2.45, 2.75) is 38.5 Å². The Morgan fingerprint density at radius 2 is 1.87 bits per heavy atom. The maximum atomic E-state index is 11.9. The standard InChI is InChI=1S/C16H23NO5S/c1-4-14(5-2)17-15(18)10-22-16(19)13-8-6-7-12(9-13)11-23(3,20)21/h6-9,14H,4-5,10-11H2,1-3H3,(H,17,18). The van der Waals surface area contributed by atoms with Gasteiger partial charge in [0.15, 0.2) is 16.4 Å². The number of sulfone groups is 1. The molecule has 1 aromatic carbocycles. The van der Waals surface area contributed by atoms with E-state index in [0.717, 1.165) is 19.1 Å². The summed E-state index contributed by atoms with van der Waals surface area (Å²) in [5, 5.41) is 2.77. The molecule has 0 aromatic heterocycles. The highest BCUT2D eigenvalue weighted by Gasteiger charge is 2.14. The topological polar surface area (TPSA) is 89.5 Å². The van der Waals surface area contributed by atoms with E-state index in [4.69, 9.17) is 4.74 Å². The third-order valence-electron chi connectivity index (χ3n) is 3.28. The lowest BCUT2D eigenvalue weighted by molar-refractivity contribution is -0.125. The molecule has 0 spiro atoms. The average molecular weight is 341 g/mol. The molecule has 0 atom stereocenters. The predicted octanol–water partition coefficient (Wildman–Crippen LogP) is 1.69. The number of hydrogen-bond acceptors (Lipinski definition) is 5. The molecule has 0 fully saturated rings. The van der Waals surface area contributed by atoms with E-state index in [1.54, 1.807) is 12.1 Å². The fraction of sp³-hybridized carbons (Fsp3) is 0.500. The number of carbonyl (C=O) groups is 2. The van der Waals surface area contributed by atoms with Crippen LogP contribution in [-0.4, -0.2) is 39.2 Å². The fourth-order valence-corrected chi connectivity index (χ4v) is 2.85. The Morgan fingerprint density at radius 3 is 2.43 bits per heavy atom. The smallest absolute Gasteiger partial charge is 0.338 e. The Kier molecular flexibility index (Phi) is 7.22. The molecule has 128 valence electrons. The van der Waals surface area contributed by atoms with Gasteiger partial charge in [0.05, 0.1) is 11.3 Å². The summed E-state index contributed by atoms with van der Waals surface area (Å²) in [7, 11) is -3.18. The first-order valence-corrected chi connectivity index (χ1v) is 9.54. The van der Waals surface area contributed by atoms with Crippen LogP contribution in [0.1, 0.15) is 42.6 Å². The molecule has 0 aliphatic carbocycles. The second-order valence-corrected chi connectivity index (χ2v) is 7.57. The van der Waals surface area contributed by atoms with Gasteiger partial charge in [0, 0.05) is 12.3 Å². The predicted molar refractivity (Wildman–Crippen MR) is 87.8 cm³/mol. The summed E-state index contributed by atoms with van der Waals surface area (Å²) in [4.78, 5) is 23.6. The minimum atomic E-state index is -3.18. The van der Waals surface area contributed by atoms with Gasteiger partial charge in [-0.15, -0.1) is 0 Å². The molecule has 0 heterocycles. The highest BCUT2D eigenvalue weighted by molar-refractivity contribution is 7.89. The maximum Gasteiger partial charge on any atom is 0.338 e. The van der Waals surface area contributed by atoms with Crippen LogP contribution in [0, 0.1) is 0 Å². The number of esters is 1. The van der Waals surface area contributed by atoms with Crippen molar-refractivity contribution in [2.24, 2.45) is 0 Å². The molecule has 1 rings (SSSR count). The van der Waals surface area contributed by atoms with Crippen molar-refractivity contribution in [1.82, 2.24) is 5.32 Å². The summed E-state index contributed by atoms with van der Waals surface area (Å²) < 4.78 is 27.5. The van der Waals surface area contributed by atoms with E-state index < -0.39 is 15.8 Å². The number of hydrogen-bond donors (Lipinski definition) is 1. The monoisotopic (exact) mass is 341 g/mol. The molecule has 1 aromatic rings. The fourth-order valence-electron chi connectivity index (χ4n) is 2.07. The Labute approximate surface area is 137 Å². The van der Waals surface area contributed by atoms with Crippen LogP contribution in [0.3, 0.4) is 0 Å². The second-order valence-electron chi connectivity index (χ2n) is 5.43. The van der Waals surface area contributed by atoms with Crippen LogP contribution in [0.4, 0.5) is 0 Å². The van der Waals surface area contributed by atoms with Crippen LogP contribution in [0.2, 0.25) is 0 Å². The van der Waals surface area contributed by atoms with Gasteiger partial charge < -0.3 is 10.1 Å². The summed E-state index contributed by atoms with van der Waals surface area (Å²) in [5.74, 6) is -1.15. The van der Waals surface area contributed by atoms with Gasteiger partial charge in [0.25, 0.3) is 5.91 Å². The summed E-state index contributed by atoms with van der Waals surface area (Å²) in [6.07, 6.45) is 2.74. The lowest BCUT2D eigenvalue weighted by Crippen LogP contribution is -2.36. The van der Waals surface area contributed by atoms with Gasteiger partial charge in [-0.25, -0.2) is 13.2 Å². The maximum absolute atomic E-state index is 11.9. The van der Waals surface area contributed by atoms with Crippen molar-refractivity contribution in [1.29, 1.82) is 0 Å². The van der Waals surface area contributed by atoms with Gasteiger partial charge in [0.2, 0.25) is 0 Å². The third-order valence-corrected chi connectivity index (χ3v) is 4.13. The quantitative estimate of drug-likeness (QED) is 0.727. The van der Waals surface area contributed by atoms with Crippen LogP contribution in [-0.2, 0) is 25.1 Å². The van der Waals surface area contributed by atoms with Crippen LogP contribution in [0.25, 0.3) is 0 Å². The molecule has 7 heteroatoms. The first-order chi connectivity index (χ1) is 10.7. The van der Waals surface area contributed by atoms with Gasteiger partial charge in [-0.1, -0.05) is 26.0 Å². The Hall–Kier alpha value is -1.89. The zero-order chi connectivity index (χ0) is 17.5. The van der Waals surface area contributed by atoms with E-state index >= 15 is 0 Å². The highest BCUT2D eigenvalue weighted by atomic mass is 32.2. The van der Waals surface area contributed by atoms with Crippen molar-refractivity contribution < 1.29 is 22.7 Å². The molecule has 0 aliphatic rings. The van der Waals surface area contributed by atoms with Crippen LogP contribution >= 0.6 is 0 Å². The van der Waals surface area contributed by atoms with Crippen molar-refractivity contribution >= 4 is 21.7 Å². The van der Waals surface area contributed by atoms with Crippen molar-refractivity contribution in [3.8, 4) is 0 Å². The van der Waals surface area contributed by atoms with Gasteiger partial charge in [-0.3, -0.25) is 4.79 Å². The van der Waals surface area contributed by atoms with Gasteiger partial charge in [-0.05, 0) is 30.5 Å². The van der Waals surface area contributed by atoms with Crippen molar-refractivity contribution in [2.75, 3.05) is 12.9 Å². The van der Waals surface area contributed by atoms with Crippen LogP contribution in [0.5, 0.6) is 0 Å². The molecular formula is C16H23NO5S. The van der Waals surface area contributed by atoms with Gasteiger partial charge >= 0.3 is 5.97 Å². The molecule has 0 saturated heterocycles. The summed E-state index contributed by atoms with van der Waals surface area (Å²) in [6.45, 7) is 3.58. The molecular weight excluding hydrogens is 318 g/mol. The first kappa shape index (κ1) is 19.2. The molecule has 1 amide bonds. The summed E-state index contributed by atoms with van der Waals surface area (Å²) >= 11 is 0. The minimum absolute atomic E-state index is 0.0688. The van der Waals surface area contributed by atoms with E-state index in [-0.39, 0.29) is 29.9 Å². The average Bonchev–Trinajstić information content (AvgIpc) is 2.48. The number of benzene rings is 1. The molecule has 0 bridgehead atoms. The van der Waals surface area contributed by atoms with E-state index in [2.05, 4.69) is 5.32 Å². The van der Waals surface area contributed by atoms with E-state index in [0.29, 0.717) is 5.56 Å². The van der Waals surface area contributed by atoms with Crippen molar-refractivity contribution in [3.05, 3.63) is 35.4 Å². The molecule has 0 saturated carbocycles. The molecule has 0 aliphatic heterocycles. The zero-order valence-corrected chi connectivity index (χ0v) is 14.5. The molecule has 6 nitrogen and oxygen atoms in total. The molecule has 0 unspecified atom stereocenters. The highest BCUT2D eigenvalue weighted by Crippen LogP contribution is 2.10. The normalized spacial score (nSPS) is 11.3. The lowest BCUT2D eigenvalue weighted by atomic mass is 10.1. The third kappa shape index (κ3) is 7.27. The Bertz CT molecular complexity index is 650. The second kappa shape index (κ2) is 8.67. The number of ether oxygens (including phenoxy) is 1. The van der Waals surface area contributed by atoms with Crippen molar-refractivity contribution in [3.63, 3.8) is 0 Å². The van der Waals surface area contributed by atoms with Crippen LogP contribution in [0.15, 0.2) is 24.3 Å². The SMILES string of the molecule is CCC(CC)NC(=O)COC(=O)c1cccc(CS(C)(=O)=O)c1.